The van der Waals surface area contributed by atoms with E-state index in [2.05, 4.69) is 5.10 Å². The standard InChI is InChI=1S/C18H23N3O3/c1-18(23,14-6-8-15(24-3)9-7-14)16-5-4-10-21(16)17(22)13-11-19-20(2)12-13/h6-9,11-12,16,23H,4-5,10H2,1-3H3/t16-,18-/m0/s1. The summed E-state index contributed by atoms with van der Waals surface area (Å²) in [6.45, 7) is 2.42. The highest BCUT2D eigenvalue weighted by Gasteiger charge is 2.43. The molecular formula is C18H23N3O3. The van der Waals surface area contributed by atoms with Crippen molar-refractivity contribution in [3.63, 3.8) is 0 Å². The summed E-state index contributed by atoms with van der Waals surface area (Å²) in [6.07, 6.45) is 4.92. The van der Waals surface area contributed by atoms with Gasteiger partial charge in [0, 0.05) is 19.8 Å². The van der Waals surface area contributed by atoms with Gasteiger partial charge < -0.3 is 14.7 Å². The summed E-state index contributed by atoms with van der Waals surface area (Å²) in [5, 5.41) is 15.2. The maximum absolute atomic E-state index is 12.8. The number of hydrogen-bond donors (Lipinski definition) is 1. The van der Waals surface area contributed by atoms with Crippen LogP contribution in [-0.4, -0.2) is 45.4 Å². The van der Waals surface area contributed by atoms with Gasteiger partial charge in [-0.05, 0) is 37.5 Å². The number of aryl methyl sites for hydroxylation is 1. The Labute approximate surface area is 141 Å². The van der Waals surface area contributed by atoms with Gasteiger partial charge in [0.1, 0.15) is 11.4 Å². The number of aromatic nitrogens is 2. The van der Waals surface area contributed by atoms with Crippen LogP contribution in [0.2, 0.25) is 0 Å². The minimum absolute atomic E-state index is 0.0839. The van der Waals surface area contributed by atoms with Gasteiger partial charge in [-0.2, -0.15) is 5.10 Å². The van der Waals surface area contributed by atoms with Crippen LogP contribution in [0.3, 0.4) is 0 Å². The monoisotopic (exact) mass is 329 g/mol. The molecule has 0 aliphatic carbocycles. The predicted octanol–water partition coefficient (Wildman–Crippen LogP) is 1.94. The van der Waals surface area contributed by atoms with E-state index in [1.165, 1.54) is 0 Å². The quantitative estimate of drug-likeness (QED) is 0.931. The van der Waals surface area contributed by atoms with Crippen LogP contribution in [0.1, 0.15) is 35.7 Å². The summed E-state index contributed by atoms with van der Waals surface area (Å²) >= 11 is 0. The molecule has 0 bridgehead atoms. The van der Waals surface area contributed by atoms with E-state index < -0.39 is 5.60 Å². The Hall–Kier alpha value is -2.34. The molecular weight excluding hydrogens is 306 g/mol. The first-order valence-corrected chi connectivity index (χ1v) is 8.10. The maximum Gasteiger partial charge on any atom is 0.257 e. The topological polar surface area (TPSA) is 67.6 Å². The Balaban J connectivity index is 1.86. The zero-order valence-electron chi connectivity index (χ0n) is 14.3. The maximum atomic E-state index is 12.8. The molecule has 1 saturated heterocycles. The van der Waals surface area contributed by atoms with E-state index in [0.29, 0.717) is 12.1 Å². The Morgan fingerprint density at radius 1 is 1.38 bits per heavy atom. The average Bonchev–Trinajstić information content (AvgIpc) is 3.23. The first kappa shape index (κ1) is 16.5. The minimum Gasteiger partial charge on any atom is -0.497 e. The number of methoxy groups -OCH3 is 1. The first-order valence-electron chi connectivity index (χ1n) is 8.10. The molecule has 1 aliphatic heterocycles. The van der Waals surface area contributed by atoms with Crippen molar-refractivity contribution in [2.24, 2.45) is 7.05 Å². The van der Waals surface area contributed by atoms with Gasteiger partial charge in [0.15, 0.2) is 0 Å². The molecule has 0 unspecified atom stereocenters. The summed E-state index contributed by atoms with van der Waals surface area (Å²) in [5.41, 5.74) is 0.204. The molecule has 3 rings (SSSR count). The molecule has 6 heteroatoms. The fourth-order valence-corrected chi connectivity index (χ4v) is 3.41. The lowest BCUT2D eigenvalue weighted by molar-refractivity contribution is -0.0177. The SMILES string of the molecule is COc1ccc([C@](C)(O)[C@@H]2CCCN2C(=O)c2cnn(C)c2)cc1. The number of amides is 1. The van der Waals surface area contributed by atoms with Crippen LogP contribution in [-0.2, 0) is 12.6 Å². The zero-order chi connectivity index (χ0) is 17.3. The molecule has 2 aromatic rings. The van der Waals surface area contributed by atoms with Gasteiger partial charge in [0.25, 0.3) is 5.91 Å². The van der Waals surface area contributed by atoms with Crippen LogP contribution >= 0.6 is 0 Å². The van der Waals surface area contributed by atoms with Crippen molar-refractivity contribution >= 4 is 5.91 Å². The number of carbonyl (C=O) groups is 1. The molecule has 0 spiro atoms. The number of rotatable bonds is 4. The molecule has 1 aromatic heterocycles. The van der Waals surface area contributed by atoms with Gasteiger partial charge in [0.05, 0.1) is 24.9 Å². The molecule has 1 fully saturated rings. The van der Waals surface area contributed by atoms with E-state index in [1.807, 2.05) is 24.3 Å². The number of likely N-dealkylation sites (tertiary alicyclic amines) is 1. The van der Waals surface area contributed by atoms with Crippen molar-refractivity contribution in [3.8, 4) is 5.75 Å². The normalized spacial score (nSPS) is 20.0. The van der Waals surface area contributed by atoms with Crippen molar-refractivity contribution in [2.45, 2.75) is 31.4 Å². The highest BCUT2D eigenvalue weighted by Crippen LogP contribution is 2.36. The highest BCUT2D eigenvalue weighted by molar-refractivity contribution is 5.94. The Kier molecular flexibility index (Phi) is 4.32. The second kappa shape index (κ2) is 6.28. The highest BCUT2D eigenvalue weighted by atomic mass is 16.5. The summed E-state index contributed by atoms with van der Waals surface area (Å²) in [6, 6.07) is 7.09. The molecule has 0 radical (unpaired) electrons. The third-order valence-electron chi connectivity index (χ3n) is 4.79. The Bertz CT molecular complexity index is 721. The van der Waals surface area contributed by atoms with Crippen molar-refractivity contribution in [2.75, 3.05) is 13.7 Å². The van der Waals surface area contributed by atoms with E-state index >= 15 is 0 Å². The number of benzene rings is 1. The van der Waals surface area contributed by atoms with Crippen molar-refractivity contribution in [1.82, 2.24) is 14.7 Å². The van der Waals surface area contributed by atoms with Crippen molar-refractivity contribution < 1.29 is 14.6 Å². The first-order chi connectivity index (χ1) is 11.4. The molecule has 24 heavy (non-hydrogen) atoms. The van der Waals surface area contributed by atoms with E-state index in [4.69, 9.17) is 4.74 Å². The molecule has 1 N–H and O–H groups in total. The van der Waals surface area contributed by atoms with Crippen LogP contribution in [0, 0.1) is 0 Å². The third kappa shape index (κ3) is 2.89. The lowest BCUT2D eigenvalue weighted by atomic mass is 9.86. The van der Waals surface area contributed by atoms with Gasteiger partial charge in [-0.3, -0.25) is 9.48 Å². The molecule has 2 heterocycles. The molecule has 1 aliphatic rings. The van der Waals surface area contributed by atoms with Crippen LogP contribution < -0.4 is 4.74 Å². The van der Waals surface area contributed by atoms with Gasteiger partial charge >= 0.3 is 0 Å². The molecule has 1 aromatic carbocycles. The van der Waals surface area contributed by atoms with Crippen LogP contribution in [0.5, 0.6) is 5.75 Å². The van der Waals surface area contributed by atoms with E-state index in [9.17, 15) is 9.90 Å². The summed E-state index contributed by atoms with van der Waals surface area (Å²) in [4.78, 5) is 14.6. The number of nitrogens with zero attached hydrogens (tertiary/aromatic N) is 3. The van der Waals surface area contributed by atoms with Gasteiger partial charge in [-0.1, -0.05) is 12.1 Å². The second-order valence-electron chi connectivity index (χ2n) is 6.44. The van der Waals surface area contributed by atoms with Gasteiger partial charge in [-0.25, -0.2) is 0 Å². The van der Waals surface area contributed by atoms with Crippen LogP contribution in [0.15, 0.2) is 36.7 Å². The number of hydrogen-bond acceptors (Lipinski definition) is 4. The number of carbonyl (C=O) groups excluding carboxylic acids is 1. The molecule has 2 atom stereocenters. The Morgan fingerprint density at radius 3 is 2.67 bits per heavy atom. The number of ether oxygens (including phenoxy) is 1. The smallest absolute Gasteiger partial charge is 0.257 e. The summed E-state index contributed by atoms with van der Waals surface area (Å²) < 4.78 is 6.78. The largest absolute Gasteiger partial charge is 0.497 e. The van der Waals surface area contributed by atoms with Gasteiger partial charge in [0.2, 0.25) is 0 Å². The lowest BCUT2D eigenvalue weighted by Crippen LogP contribution is -2.48. The lowest BCUT2D eigenvalue weighted by Gasteiger charge is -2.37. The average molecular weight is 329 g/mol. The molecule has 6 nitrogen and oxygen atoms in total. The molecule has 0 saturated carbocycles. The van der Waals surface area contributed by atoms with Crippen molar-refractivity contribution in [1.29, 1.82) is 0 Å². The van der Waals surface area contributed by atoms with Crippen LogP contribution in [0.25, 0.3) is 0 Å². The fraction of sp³-hybridized carbons (Fsp3) is 0.444. The van der Waals surface area contributed by atoms with Crippen molar-refractivity contribution in [3.05, 3.63) is 47.8 Å². The molecule has 1 amide bonds. The summed E-state index contributed by atoms with van der Waals surface area (Å²) in [5.74, 6) is 0.656. The Morgan fingerprint density at radius 2 is 2.08 bits per heavy atom. The number of aliphatic hydroxyl groups is 1. The van der Waals surface area contributed by atoms with E-state index in [-0.39, 0.29) is 11.9 Å². The molecule has 128 valence electrons. The third-order valence-corrected chi connectivity index (χ3v) is 4.79. The minimum atomic E-state index is -1.12. The predicted molar refractivity (Wildman–Crippen MR) is 89.8 cm³/mol. The van der Waals surface area contributed by atoms with Gasteiger partial charge in [-0.15, -0.1) is 0 Å². The van der Waals surface area contributed by atoms with E-state index in [1.54, 1.807) is 43.1 Å². The fourth-order valence-electron chi connectivity index (χ4n) is 3.41. The van der Waals surface area contributed by atoms with Crippen LogP contribution in [0.4, 0.5) is 0 Å². The summed E-state index contributed by atoms with van der Waals surface area (Å²) in [7, 11) is 3.39. The second-order valence-corrected chi connectivity index (χ2v) is 6.44. The zero-order valence-corrected chi connectivity index (χ0v) is 14.3. The van der Waals surface area contributed by atoms with E-state index in [0.717, 1.165) is 24.2 Å².